The number of piperidine rings is 1. The number of aliphatic hydroxyl groups is 1. The van der Waals surface area contributed by atoms with Gasteiger partial charge in [0.2, 0.25) is 5.91 Å². The highest BCUT2D eigenvalue weighted by Crippen LogP contribution is 2.20. The van der Waals surface area contributed by atoms with Gasteiger partial charge in [0.05, 0.1) is 13.2 Å². The zero-order valence-corrected chi connectivity index (χ0v) is 11.3. The van der Waals surface area contributed by atoms with Crippen LogP contribution in [0.2, 0.25) is 0 Å². The maximum atomic E-state index is 12.1. The zero-order valence-electron chi connectivity index (χ0n) is 11.3. The first-order valence-corrected chi connectivity index (χ1v) is 6.78. The largest absolute Gasteiger partial charge is 0.496 e. The highest BCUT2D eigenvalue weighted by molar-refractivity contribution is 5.76. The molecule has 0 aromatic heterocycles. The fraction of sp³-hybridized carbons (Fsp3) is 0.533. The summed E-state index contributed by atoms with van der Waals surface area (Å²) in [5.74, 6) is 0.943. The van der Waals surface area contributed by atoms with E-state index in [2.05, 4.69) is 0 Å². The van der Waals surface area contributed by atoms with Crippen molar-refractivity contribution in [3.05, 3.63) is 29.8 Å². The molecule has 2 rings (SSSR count). The third-order valence-corrected chi connectivity index (χ3v) is 3.55. The summed E-state index contributed by atoms with van der Waals surface area (Å²) in [7, 11) is 1.64. The van der Waals surface area contributed by atoms with Crippen molar-refractivity contribution in [1.29, 1.82) is 0 Å². The normalized spacial score (nSPS) is 19.3. The zero-order chi connectivity index (χ0) is 13.7. The average Bonchev–Trinajstić information content (AvgIpc) is 2.45. The number of ether oxygens (including phenoxy) is 1. The Morgan fingerprint density at radius 3 is 3.00 bits per heavy atom. The Labute approximate surface area is 114 Å². The van der Waals surface area contributed by atoms with Crippen molar-refractivity contribution in [1.82, 2.24) is 4.90 Å². The molecule has 1 N–H and O–H groups in total. The molecule has 1 unspecified atom stereocenters. The molecule has 1 saturated heterocycles. The Hall–Kier alpha value is -1.55. The summed E-state index contributed by atoms with van der Waals surface area (Å²) < 4.78 is 5.28. The number of aryl methyl sites for hydroxylation is 1. The minimum Gasteiger partial charge on any atom is -0.496 e. The third-order valence-electron chi connectivity index (χ3n) is 3.55. The molecule has 0 radical (unpaired) electrons. The van der Waals surface area contributed by atoms with Crippen LogP contribution < -0.4 is 4.74 Å². The Balaban J connectivity index is 1.89. The van der Waals surface area contributed by atoms with Crippen molar-refractivity contribution in [3.63, 3.8) is 0 Å². The Kier molecular flexibility index (Phi) is 4.80. The van der Waals surface area contributed by atoms with Crippen LogP contribution in [0.3, 0.4) is 0 Å². The molecule has 1 aromatic carbocycles. The van der Waals surface area contributed by atoms with Gasteiger partial charge in [-0.3, -0.25) is 4.79 Å². The van der Waals surface area contributed by atoms with Gasteiger partial charge in [-0.1, -0.05) is 18.2 Å². The smallest absolute Gasteiger partial charge is 0.222 e. The van der Waals surface area contributed by atoms with E-state index < -0.39 is 0 Å². The molecule has 0 aliphatic carbocycles. The summed E-state index contributed by atoms with van der Waals surface area (Å²) in [4.78, 5) is 13.9. The molecule has 1 atom stereocenters. The first-order valence-electron chi connectivity index (χ1n) is 6.78. The fourth-order valence-corrected chi connectivity index (χ4v) is 2.49. The second-order valence-electron chi connectivity index (χ2n) is 4.95. The molecule has 1 fully saturated rings. The van der Waals surface area contributed by atoms with Gasteiger partial charge in [0.25, 0.3) is 0 Å². The summed E-state index contributed by atoms with van der Waals surface area (Å²) in [6, 6.07) is 7.76. The number of likely N-dealkylation sites (tertiary alicyclic amines) is 1. The van der Waals surface area contributed by atoms with E-state index in [1.54, 1.807) is 12.0 Å². The SMILES string of the molecule is COc1ccccc1CCC(=O)N1CCCC(O)C1. The number of hydrogen-bond acceptors (Lipinski definition) is 3. The highest BCUT2D eigenvalue weighted by atomic mass is 16.5. The minimum atomic E-state index is -0.357. The lowest BCUT2D eigenvalue weighted by atomic mass is 10.1. The van der Waals surface area contributed by atoms with E-state index in [1.165, 1.54) is 0 Å². The van der Waals surface area contributed by atoms with Gasteiger partial charge in [-0.2, -0.15) is 0 Å². The van der Waals surface area contributed by atoms with Crippen LogP contribution in [0.1, 0.15) is 24.8 Å². The van der Waals surface area contributed by atoms with Gasteiger partial charge in [-0.05, 0) is 30.9 Å². The molecule has 1 aliphatic rings. The third kappa shape index (κ3) is 3.70. The molecule has 0 saturated carbocycles. The Bertz CT molecular complexity index is 433. The van der Waals surface area contributed by atoms with Gasteiger partial charge < -0.3 is 14.7 Å². The van der Waals surface area contributed by atoms with Crippen LogP contribution in [-0.4, -0.2) is 42.2 Å². The van der Waals surface area contributed by atoms with Crippen LogP contribution in [0, 0.1) is 0 Å². The molecular weight excluding hydrogens is 242 g/mol. The maximum Gasteiger partial charge on any atom is 0.222 e. The van der Waals surface area contributed by atoms with Crippen LogP contribution in [0.25, 0.3) is 0 Å². The molecule has 1 amide bonds. The van der Waals surface area contributed by atoms with Crippen molar-refractivity contribution in [2.24, 2.45) is 0 Å². The number of carbonyl (C=O) groups is 1. The topological polar surface area (TPSA) is 49.8 Å². The molecule has 4 nitrogen and oxygen atoms in total. The second-order valence-corrected chi connectivity index (χ2v) is 4.95. The lowest BCUT2D eigenvalue weighted by molar-refractivity contribution is -0.134. The number of benzene rings is 1. The van der Waals surface area contributed by atoms with Gasteiger partial charge in [-0.25, -0.2) is 0 Å². The predicted molar refractivity (Wildman–Crippen MR) is 73.1 cm³/mol. The lowest BCUT2D eigenvalue weighted by Crippen LogP contribution is -2.42. The fourth-order valence-electron chi connectivity index (χ4n) is 2.49. The van der Waals surface area contributed by atoms with Gasteiger partial charge in [-0.15, -0.1) is 0 Å². The second kappa shape index (κ2) is 6.57. The number of para-hydroxylation sites is 1. The molecular formula is C15H21NO3. The average molecular weight is 263 g/mol. The maximum absolute atomic E-state index is 12.1. The number of amides is 1. The van der Waals surface area contributed by atoms with E-state index in [-0.39, 0.29) is 12.0 Å². The Morgan fingerprint density at radius 1 is 1.47 bits per heavy atom. The molecule has 0 bridgehead atoms. The molecule has 1 aliphatic heterocycles. The van der Waals surface area contributed by atoms with Crippen LogP contribution in [0.4, 0.5) is 0 Å². The van der Waals surface area contributed by atoms with Crippen LogP contribution >= 0.6 is 0 Å². The number of hydrogen-bond donors (Lipinski definition) is 1. The number of nitrogens with zero attached hydrogens (tertiary/aromatic N) is 1. The van der Waals surface area contributed by atoms with Crippen molar-refractivity contribution < 1.29 is 14.6 Å². The van der Waals surface area contributed by atoms with E-state index >= 15 is 0 Å². The summed E-state index contributed by atoms with van der Waals surface area (Å²) in [5, 5.41) is 9.58. The standard InChI is InChI=1S/C15H21NO3/c1-19-14-7-3-2-5-12(14)8-9-15(18)16-10-4-6-13(17)11-16/h2-3,5,7,13,17H,4,6,8-11H2,1H3. The van der Waals surface area contributed by atoms with Gasteiger partial charge in [0.1, 0.15) is 5.75 Å². The monoisotopic (exact) mass is 263 g/mol. The quantitative estimate of drug-likeness (QED) is 0.898. The van der Waals surface area contributed by atoms with E-state index in [9.17, 15) is 9.90 Å². The summed E-state index contributed by atoms with van der Waals surface area (Å²) in [6.45, 7) is 1.24. The summed E-state index contributed by atoms with van der Waals surface area (Å²) in [5.41, 5.74) is 1.05. The lowest BCUT2D eigenvalue weighted by Gasteiger charge is -2.30. The first-order chi connectivity index (χ1) is 9.20. The minimum absolute atomic E-state index is 0.115. The first kappa shape index (κ1) is 13.9. The molecule has 0 spiro atoms. The summed E-state index contributed by atoms with van der Waals surface area (Å²) >= 11 is 0. The summed E-state index contributed by atoms with van der Waals surface area (Å²) in [6.07, 6.45) is 2.48. The number of rotatable bonds is 4. The van der Waals surface area contributed by atoms with Gasteiger partial charge in [0, 0.05) is 19.5 Å². The van der Waals surface area contributed by atoms with Crippen LogP contribution in [0.5, 0.6) is 5.75 Å². The van der Waals surface area contributed by atoms with E-state index in [0.29, 0.717) is 19.4 Å². The number of carbonyl (C=O) groups excluding carboxylic acids is 1. The van der Waals surface area contributed by atoms with E-state index in [1.807, 2.05) is 24.3 Å². The number of aliphatic hydroxyl groups excluding tert-OH is 1. The van der Waals surface area contributed by atoms with Crippen molar-refractivity contribution in [2.45, 2.75) is 31.8 Å². The van der Waals surface area contributed by atoms with Crippen molar-refractivity contribution >= 4 is 5.91 Å². The van der Waals surface area contributed by atoms with E-state index in [0.717, 1.165) is 30.7 Å². The number of β-amino-alcohol motifs (C(OH)–C–C–N with tert-alkyl or cyclic N) is 1. The van der Waals surface area contributed by atoms with Crippen LogP contribution in [0.15, 0.2) is 24.3 Å². The molecule has 104 valence electrons. The molecule has 4 heteroatoms. The Morgan fingerprint density at radius 2 is 2.26 bits per heavy atom. The van der Waals surface area contributed by atoms with E-state index in [4.69, 9.17) is 4.74 Å². The van der Waals surface area contributed by atoms with Gasteiger partial charge >= 0.3 is 0 Å². The highest BCUT2D eigenvalue weighted by Gasteiger charge is 2.21. The molecule has 1 aromatic rings. The van der Waals surface area contributed by atoms with Crippen molar-refractivity contribution in [3.8, 4) is 5.75 Å². The van der Waals surface area contributed by atoms with Crippen LogP contribution in [-0.2, 0) is 11.2 Å². The van der Waals surface area contributed by atoms with Gasteiger partial charge in [0.15, 0.2) is 0 Å². The molecule has 19 heavy (non-hydrogen) atoms. The van der Waals surface area contributed by atoms with Crippen molar-refractivity contribution in [2.75, 3.05) is 20.2 Å². The number of methoxy groups -OCH3 is 1. The molecule has 1 heterocycles. The predicted octanol–water partition coefficient (Wildman–Crippen LogP) is 1.61.